The van der Waals surface area contributed by atoms with Crippen LogP contribution in [0.3, 0.4) is 0 Å². The summed E-state index contributed by atoms with van der Waals surface area (Å²) >= 11 is 0. The molecule has 0 bridgehead atoms. The lowest BCUT2D eigenvalue weighted by atomic mass is 10.2. The van der Waals surface area contributed by atoms with Crippen LogP contribution in [-0.2, 0) is 0 Å². The molecule has 2 amide bonds. The van der Waals surface area contributed by atoms with Crippen molar-refractivity contribution in [1.29, 1.82) is 0 Å². The number of hydrogen-bond acceptors (Lipinski definition) is 5. The quantitative estimate of drug-likeness (QED) is 0.746. The number of aromatic nitrogens is 5. The smallest absolute Gasteiger partial charge is 0.319 e. The van der Waals surface area contributed by atoms with Gasteiger partial charge in [0.05, 0.1) is 11.7 Å². The Morgan fingerprint density at radius 3 is 2.62 bits per heavy atom. The number of carbonyl (C=O) groups excluding carboxylic acids is 1. The zero-order valence-electron chi connectivity index (χ0n) is 13.9. The van der Waals surface area contributed by atoms with E-state index in [2.05, 4.69) is 30.7 Å². The van der Waals surface area contributed by atoms with Gasteiger partial charge >= 0.3 is 6.03 Å². The molecule has 0 radical (unpaired) electrons. The van der Waals surface area contributed by atoms with E-state index in [1.54, 1.807) is 25.4 Å². The molecular weight excluding hydrogens is 344 g/mol. The van der Waals surface area contributed by atoms with Crippen LogP contribution in [0.15, 0.2) is 36.9 Å². The van der Waals surface area contributed by atoms with Crippen molar-refractivity contribution < 1.29 is 13.6 Å². The minimum absolute atomic E-state index is 0.124. The molecule has 0 aliphatic rings. The van der Waals surface area contributed by atoms with Gasteiger partial charge in [-0.2, -0.15) is 9.78 Å². The molecule has 0 aliphatic carbocycles. The Kier molecular flexibility index (Phi) is 4.83. The lowest BCUT2D eigenvalue weighted by molar-refractivity contribution is 0.248. The number of nitrogens with one attached hydrogen (secondary N) is 2. The van der Waals surface area contributed by atoms with Crippen LogP contribution in [0.1, 0.15) is 24.4 Å². The van der Waals surface area contributed by atoms with E-state index in [0.717, 1.165) is 6.07 Å². The van der Waals surface area contributed by atoms with Gasteiger partial charge in [-0.15, -0.1) is 0 Å². The summed E-state index contributed by atoms with van der Waals surface area (Å²) in [6, 6.07) is 2.35. The Hall–Kier alpha value is -3.43. The van der Waals surface area contributed by atoms with Crippen molar-refractivity contribution in [3.05, 3.63) is 59.9 Å². The number of hydrogen-bond donors (Lipinski definition) is 2. The standard InChI is InChI=1S/C16H15F2N7O/c1-9-6-13(12(18)7-11(9)17)24-16(26)23-10(2)14-21-8-22-25(14)15-19-4-3-5-20-15/h3-8,10H,1-2H3,(H2,23,24,26)/t10-/m0/s1. The second-order valence-electron chi connectivity index (χ2n) is 5.48. The van der Waals surface area contributed by atoms with Crippen LogP contribution >= 0.6 is 0 Å². The van der Waals surface area contributed by atoms with Crippen molar-refractivity contribution in [2.45, 2.75) is 19.9 Å². The van der Waals surface area contributed by atoms with Gasteiger partial charge in [0, 0.05) is 18.5 Å². The van der Waals surface area contributed by atoms with Crippen molar-refractivity contribution in [1.82, 2.24) is 30.0 Å². The van der Waals surface area contributed by atoms with E-state index < -0.39 is 23.7 Å². The van der Waals surface area contributed by atoms with Crippen molar-refractivity contribution in [3.8, 4) is 5.95 Å². The molecule has 2 N–H and O–H groups in total. The maximum absolute atomic E-state index is 13.8. The maximum atomic E-state index is 13.8. The highest BCUT2D eigenvalue weighted by Crippen LogP contribution is 2.19. The molecule has 0 saturated heterocycles. The first kappa shape index (κ1) is 17.4. The largest absolute Gasteiger partial charge is 0.328 e. The minimum atomic E-state index is -0.864. The van der Waals surface area contributed by atoms with Crippen molar-refractivity contribution in [3.63, 3.8) is 0 Å². The van der Waals surface area contributed by atoms with Crippen LogP contribution in [0.5, 0.6) is 0 Å². The van der Waals surface area contributed by atoms with Crippen LogP contribution in [0.4, 0.5) is 19.3 Å². The molecule has 1 atom stereocenters. The molecule has 0 spiro atoms. The Morgan fingerprint density at radius 1 is 1.15 bits per heavy atom. The van der Waals surface area contributed by atoms with E-state index in [1.807, 2.05) is 0 Å². The lowest BCUT2D eigenvalue weighted by Gasteiger charge is -2.15. The fourth-order valence-electron chi connectivity index (χ4n) is 2.27. The van der Waals surface area contributed by atoms with E-state index in [9.17, 15) is 13.6 Å². The van der Waals surface area contributed by atoms with E-state index in [4.69, 9.17) is 0 Å². The monoisotopic (exact) mass is 359 g/mol. The Bertz CT molecular complexity index is 930. The van der Waals surface area contributed by atoms with Gasteiger partial charge in [0.2, 0.25) is 0 Å². The number of amides is 2. The average molecular weight is 359 g/mol. The molecule has 26 heavy (non-hydrogen) atoms. The molecule has 134 valence electrons. The third-order valence-electron chi connectivity index (χ3n) is 3.55. The normalized spacial score (nSPS) is 11.8. The number of aryl methyl sites for hydroxylation is 1. The van der Waals surface area contributed by atoms with Crippen molar-refractivity contribution in [2.75, 3.05) is 5.32 Å². The molecule has 0 fully saturated rings. The number of nitrogens with zero attached hydrogens (tertiary/aromatic N) is 5. The lowest BCUT2D eigenvalue weighted by Crippen LogP contribution is -2.33. The Balaban J connectivity index is 1.73. The average Bonchev–Trinajstić information content (AvgIpc) is 3.10. The Labute approximate surface area is 147 Å². The summed E-state index contributed by atoms with van der Waals surface area (Å²) in [6.07, 6.45) is 4.42. The summed E-state index contributed by atoms with van der Waals surface area (Å²) in [5.41, 5.74) is 0.0946. The van der Waals surface area contributed by atoms with Gasteiger partial charge in [-0.3, -0.25) is 0 Å². The SMILES string of the molecule is Cc1cc(NC(=O)N[C@@H](C)c2ncnn2-c2ncccn2)c(F)cc1F. The fourth-order valence-corrected chi connectivity index (χ4v) is 2.27. The Morgan fingerprint density at radius 2 is 1.88 bits per heavy atom. The summed E-state index contributed by atoms with van der Waals surface area (Å²) in [5.74, 6) is -0.856. The molecule has 0 aliphatic heterocycles. The summed E-state index contributed by atoms with van der Waals surface area (Å²) in [6.45, 7) is 3.15. The number of benzene rings is 1. The van der Waals surface area contributed by atoms with Crippen LogP contribution in [0.2, 0.25) is 0 Å². The fraction of sp³-hybridized carbons (Fsp3) is 0.188. The number of carbonyl (C=O) groups is 1. The number of anilines is 1. The summed E-state index contributed by atoms with van der Waals surface area (Å²) < 4.78 is 28.4. The van der Waals surface area contributed by atoms with E-state index in [-0.39, 0.29) is 11.3 Å². The second kappa shape index (κ2) is 7.21. The molecular formula is C16H15F2N7O. The molecule has 2 heterocycles. The molecule has 3 rings (SSSR count). The summed E-state index contributed by atoms with van der Waals surface area (Å²) in [5, 5.41) is 9.00. The number of urea groups is 1. The predicted octanol–water partition coefficient (Wildman–Crippen LogP) is 2.53. The van der Waals surface area contributed by atoms with E-state index in [0.29, 0.717) is 11.8 Å². The number of halogens is 2. The molecule has 1 aromatic carbocycles. The van der Waals surface area contributed by atoms with E-state index >= 15 is 0 Å². The first-order valence-electron chi connectivity index (χ1n) is 7.66. The van der Waals surface area contributed by atoms with Crippen LogP contribution in [0, 0.1) is 18.6 Å². The van der Waals surface area contributed by atoms with Gasteiger partial charge in [-0.1, -0.05) is 0 Å². The van der Waals surface area contributed by atoms with Crippen LogP contribution in [0.25, 0.3) is 5.95 Å². The van der Waals surface area contributed by atoms with Crippen LogP contribution in [-0.4, -0.2) is 30.8 Å². The van der Waals surface area contributed by atoms with Crippen LogP contribution < -0.4 is 10.6 Å². The maximum Gasteiger partial charge on any atom is 0.319 e. The molecule has 3 aromatic rings. The molecule has 2 aromatic heterocycles. The zero-order valence-corrected chi connectivity index (χ0v) is 13.9. The highest BCUT2D eigenvalue weighted by atomic mass is 19.1. The van der Waals surface area contributed by atoms with Gasteiger partial charge < -0.3 is 10.6 Å². The first-order chi connectivity index (χ1) is 12.5. The third-order valence-corrected chi connectivity index (χ3v) is 3.55. The van der Waals surface area contributed by atoms with Gasteiger partial charge in [0.25, 0.3) is 5.95 Å². The van der Waals surface area contributed by atoms with Gasteiger partial charge in [-0.05, 0) is 31.5 Å². The van der Waals surface area contributed by atoms with Crippen molar-refractivity contribution in [2.24, 2.45) is 0 Å². The van der Waals surface area contributed by atoms with Gasteiger partial charge in [0.15, 0.2) is 5.82 Å². The van der Waals surface area contributed by atoms with Crippen molar-refractivity contribution >= 4 is 11.7 Å². The molecule has 10 heteroatoms. The predicted molar refractivity (Wildman–Crippen MR) is 88.6 cm³/mol. The third kappa shape index (κ3) is 3.63. The second-order valence-corrected chi connectivity index (χ2v) is 5.48. The first-order valence-corrected chi connectivity index (χ1v) is 7.66. The molecule has 0 saturated carbocycles. The zero-order chi connectivity index (χ0) is 18.7. The number of rotatable bonds is 4. The summed E-state index contributed by atoms with van der Waals surface area (Å²) in [4.78, 5) is 24.4. The van der Waals surface area contributed by atoms with E-state index in [1.165, 1.54) is 24.0 Å². The molecule has 8 nitrogen and oxygen atoms in total. The van der Waals surface area contributed by atoms with Gasteiger partial charge in [-0.25, -0.2) is 28.5 Å². The summed E-state index contributed by atoms with van der Waals surface area (Å²) in [7, 11) is 0. The highest BCUT2D eigenvalue weighted by molar-refractivity contribution is 5.89. The molecule has 0 unspecified atom stereocenters. The minimum Gasteiger partial charge on any atom is -0.328 e. The highest BCUT2D eigenvalue weighted by Gasteiger charge is 2.19. The van der Waals surface area contributed by atoms with Gasteiger partial charge in [0.1, 0.15) is 18.0 Å². The topological polar surface area (TPSA) is 97.6 Å².